The fraction of sp³-hybridized carbons (Fsp3) is 0.333. The molecule has 3 aromatic rings. The van der Waals surface area contributed by atoms with Gasteiger partial charge in [-0.2, -0.15) is 0 Å². The van der Waals surface area contributed by atoms with Gasteiger partial charge in [-0.1, -0.05) is 66.5 Å². The molecular formula is C30H35Cl2N3O5S. The first kappa shape index (κ1) is 32.2. The Morgan fingerprint density at radius 3 is 2.20 bits per heavy atom. The van der Waals surface area contributed by atoms with Gasteiger partial charge in [0.2, 0.25) is 11.8 Å². The lowest BCUT2D eigenvalue weighted by molar-refractivity contribution is -0.141. The smallest absolute Gasteiger partial charge is 0.264 e. The van der Waals surface area contributed by atoms with Crippen molar-refractivity contribution in [1.29, 1.82) is 0 Å². The van der Waals surface area contributed by atoms with Crippen LogP contribution in [-0.4, -0.2) is 50.4 Å². The number of rotatable bonds is 11. The van der Waals surface area contributed by atoms with Crippen LogP contribution in [0, 0.1) is 0 Å². The number of halogens is 2. The molecule has 2 amide bonds. The summed E-state index contributed by atoms with van der Waals surface area (Å²) in [5, 5.41) is 3.61. The highest BCUT2D eigenvalue weighted by Crippen LogP contribution is 2.35. The van der Waals surface area contributed by atoms with Gasteiger partial charge in [0.05, 0.1) is 17.7 Å². The third kappa shape index (κ3) is 8.15. The number of ether oxygens (including phenoxy) is 1. The standard InChI is InChI=1S/C30H35Cl2N3O5S/c1-6-25(29(37)33-30(2,3)4)34(19-21-12-10-11-15-24(21)32)28(36)20-35(26-18-22(31)16-17-27(26)40-5)41(38,39)23-13-8-7-9-14-23/h7-18,25H,6,19-20H2,1-5H3,(H,33,37)/t25-/m0/s1. The van der Waals surface area contributed by atoms with Gasteiger partial charge in [-0.3, -0.25) is 13.9 Å². The molecular weight excluding hydrogens is 585 g/mol. The molecule has 0 saturated carbocycles. The minimum atomic E-state index is -4.27. The number of anilines is 1. The van der Waals surface area contributed by atoms with E-state index in [1.807, 2.05) is 20.8 Å². The summed E-state index contributed by atoms with van der Waals surface area (Å²) >= 11 is 12.7. The molecule has 1 atom stereocenters. The molecule has 8 nitrogen and oxygen atoms in total. The fourth-order valence-corrected chi connectivity index (χ4v) is 6.07. The Kier molecular flexibility index (Phi) is 10.7. The number of amides is 2. The highest BCUT2D eigenvalue weighted by atomic mass is 35.5. The number of hydrogen-bond acceptors (Lipinski definition) is 5. The summed E-state index contributed by atoms with van der Waals surface area (Å²) in [4.78, 5) is 29.0. The van der Waals surface area contributed by atoms with Crippen LogP contribution in [0.2, 0.25) is 10.0 Å². The SMILES string of the molecule is CC[C@@H](C(=O)NC(C)(C)C)N(Cc1ccccc1Cl)C(=O)CN(c1cc(Cl)ccc1OC)S(=O)(=O)c1ccccc1. The molecule has 0 aliphatic carbocycles. The molecule has 0 unspecified atom stereocenters. The van der Waals surface area contributed by atoms with Crippen LogP contribution in [-0.2, 0) is 26.2 Å². The molecule has 0 radical (unpaired) electrons. The normalized spacial score (nSPS) is 12.4. The topological polar surface area (TPSA) is 96.0 Å². The van der Waals surface area contributed by atoms with E-state index < -0.39 is 34.1 Å². The van der Waals surface area contributed by atoms with Crippen LogP contribution in [0.3, 0.4) is 0 Å². The zero-order valence-electron chi connectivity index (χ0n) is 23.7. The maximum absolute atomic E-state index is 14.2. The maximum atomic E-state index is 14.2. The van der Waals surface area contributed by atoms with Gasteiger partial charge in [-0.05, 0) is 69.2 Å². The van der Waals surface area contributed by atoms with Crippen LogP contribution >= 0.6 is 23.2 Å². The predicted octanol–water partition coefficient (Wildman–Crippen LogP) is 5.92. The first-order valence-electron chi connectivity index (χ1n) is 13.0. The molecule has 0 aromatic heterocycles. The Balaban J connectivity index is 2.14. The van der Waals surface area contributed by atoms with Crippen LogP contribution in [0.15, 0.2) is 77.7 Å². The maximum Gasteiger partial charge on any atom is 0.264 e. The van der Waals surface area contributed by atoms with Gasteiger partial charge in [-0.15, -0.1) is 0 Å². The molecule has 41 heavy (non-hydrogen) atoms. The lowest BCUT2D eigenvalue weighted by Crippen LogP contribution is -2.55. The number of benzene rings is 3. The van der Waals surface area contributed by atoms with Crippen molar-refractivity contribution in [2.75, 3.05) is 18.0 Å². The fourth-order valence-electron chi connectivity index (χ4n) is 4.27. The Morgan fingerprint density at radius 1 is 0.976 bits per heavy atom. The second-order valence-electron chi connectivity index (χ2n) is 10.4. The van der Waals surface area contributed by atoms with Crippen molar-refractivity contribution in [1.82, 2.24) is 10.2 Å². The minimum Gasteiger partial charge on any atom is -0.495 e. The van der Waals surface area contributed by atoms with Gasteiger partial charge in [0, 0.05) is 22.1 Å². The van der Waals surface area contributed by atoms with Crippen molar-refractivity contribution in [3.8, 4) is 5.75 Å². The quantitative estimate of drug-likeness (QED) is 0.287. The summed E-state index contributed by atoms with van der Waals surface area (Å²) in [6, 6.07) is 18.4. The van der Waals surface area contributed by atoms with E-state index in [1.54, 1.807) is 55.5 Å². The number of nitrogens with zero attached hydrogens (tertiary/aromatic N) is 2. The van der Waals surface area contributed by atoms with Crippen molar-refractivity contribution in [3.63, 3.8) is 0 Å². The van der Waals surface area contributed by atoms with E-state index >= 15 is 0 Å². The van der Waals surface area contributed by atoms with Crippen LogP contribution in [0.1, 0.15) is 39.7 Å². The molecule has 1 N–H and O–H groups in total. The third-order valence-corrected chi connectivity index (χ3v) is 8.58. The minimum absolute atomic E-state index is 0.0134. The average molecular weight is 621 g/mol. The van der Waals surface area contributed by atoms with Gasteiger partial charge in [-0.25, -0.2) is 8.42 Å². The number of sulfonamides is 1. The lowest BCUT2D eigenvalue weighted by Gasteiger charge is -2.35. The van der Waals surface area contributed by atoms with Gasteiger partial charge in [0.15, 0.2) is 0 Å². The third-order valence-electron chi connectivity index (χ3n) is 6.20. The summed E-state index contributed by atoms with van der Waals surface area (Å²) in [5.41, 5.74) is 0.143. The van der Waals surface area contributed by atoms with E-state index in [9.17, 15) is 18.0 Å². The van der Waals surface area contributed by atoms with Gasteiger partial charge < -0.3 is 15.0 Å². The highest BCUT2D eigenvalue weighted by molar-refractivity contribution is 7.92. The zero-order chi connectivity index (χ0) is 30.4. The van der Waals surface area contributed by atoms with E-state index in [1.165, 1.54) is 36.3 Å². The second-order valence-corrected chi connectivity index (χ2v) is 13.1. The molecule has 3 rings (SSSR count). The van der Waals surface area contributed by atoms with Crippen LogP contribution < -0.4 is 14.4 Å². The summed E-state index contributed by atoms with van der Waals surface area (Å²) in [6.45, 7) is 6.68. The molecule has 3 aromatic carbocycles. The van der Waals surface area contributed by atoms with Crippen LogP contribution in [0.25, 0.3) is 0 Å². The second kappa shape index (κ2) is 13.6. The van der Waals surface area contributed by atoms with E-state index in [2.05, 4.69) is 5.32 Å². The average Bonchev–Trinajstić information content (AvgIpc) is 2.92. The number of hydrogen-bond donors (Lipinski definition) is 1. The van der Waals surface area contributed by atoms with Crippen molar-refractivity contribution < 1.29 is 22.7 Å². The Labute approximate surface area is 252 Å². The molecule has 220 valence electrons. The Morgan fingerprint density at radius 2 is 1.61 bits per heavy atom. The van der Waals surface area contributed by atoms with E-state index in [-0.39, 0.29) is 40.2 Å². The zero-order valence-corrected chi connectivity index (χ0v) is 26.1. The van der Waals surface area contributed by atoms with Crippen molar-refractivity contribution in [2.45, 2.75) is 57.1 Å². The number of carbonyl (C=O) groups is 2. The summed E-state index contributed by atoms with van der Waals surface area (Å²) < 4.78 is 34.4. The lowest BCUT2D eigenvalue weighted by atomic mass is 10.1. The van der Waals surface area contributed by atoms with Crippen molar-refractivity contribution >= 4 is 50.7 Å². The van der Waals surface area contributed by atoms with Gasteiger partial charge in [0.25, 0.3) is 10.0 Å². The Bertz CT molecular complexity index is 1480. The number of methoxy groups -OCH3 is 1. The summed E-state index contributed by atoms with van der Waals surface area (Å²) in [7, 11) is -2.88. The monoisotopic (exact) mass is 619 g/mol. The molecule has 0 heterocycles. The summed E-state index contributed by atoms with van der Waals surface area (Å²) in [6.07, 6.45) is 0.282. The highest BCUT2D eigenvalue weighted by Gasteiger charge is 2.35. The molecule has 0 spiro atoms. The predicted molar refractivity (Wildman–Crippen MR) is 163 cm³/mol. The first-order chi connectivity index (χ1) is 19.3. The van der Waals surface area contributed by atoms with Crippen LogP contribution in [0.5, 0.6) is 5.75 Å². The molecule has 11 heteroatoms. The van der Waals surface area contributed by atoms with Gasteiger partial charge >= 0.3 is 0 Å². The van der Waals surface area contributed by atoms with Crippen LogP contribution in [0.4, 0.5) is 5.69 Å². The molecule has 0 saturated heterocycles. The molecule has 0 aliphatic rings. The Hall–Kier alpha value is -3.27. The van der Waals surface area contributed by atoms with E-state index in [4.69, 9.17) is 27.9 Å². The molecule has 0 fully saturated rings. The van der Waals surface area contributed by atoms with Gasteiger partial charge in [0.1, 0.15) is 18.3 Å². The molecule has 0 bridgehead atoms. The number of nitrogens with one attached hydrogen (secondary N) is 1. The van der Waals surface area contributed by atoms with Crippen molar-refractivity contribution in [2.24, 2.45) is 0 Å². The van der Waals surface area contributed by atoms with E-state index in [0.29, 0.717) is 10.6 Å². The molecule has 0 aliphatic heterocycles. The first-order valence-corrected chi connectivity index (χ1v) is 15.2. The summed E-state index contributed by atoms with van der Waals surface area (Å²) in [5.74, 6) is -0.766. The largest absolute Gasteiger partial charge is 0.495 e. The van der Waals surface area contributed by atoms with E-state index in [0.717, 1.165) is 4.31 Å². The number of carbonyl (C=O) groups excluding carboxylic acids is 2. The van der Waals surface area contributed by atoms with Crippen molar-refractivity contribution in [3.05, 3.63) is 88.4 Å².